The van der Waals surface area contributed by atoms with Crippen molar-refractivity contribution in [3.63, 3.8) is 0 Å². The van der Waals surface area contributed by atoms with Crippen molar-refractivity contribution in [3.05, 3.63) is 87.3 Å². The molecule has 1 aromatic carbocycles. The molecule has 0 N–H and O–H groups in total. The van der Waals surface area contributed by atoms with E-state index in [-0.39, 0.29) is 41.8 Å². The zero-order valence-electron chi connectivity index (χ0n) is 18.8. The number of carbonyl (C=O) groups is 2. The first-order chi connectivity index (χ1) is 16.9. The van der Waals surface area contributed by atoms with Crippen molar-refractivity contribution in [2.24, 2.45) is 4.99 Å². The smallest absolute Gasteiger partial charge is 0.341 e. The number of benzene rings is 1. The molecule has 0 aliphatic carbocycles. The van der Waals surface area contributed by atoms with E-state index in [1.165, 1.54) is 28.3 Å². The Bertz CT molecular complexity index is 1570. The number of halogens is 2. The van der Waals surface area contributed by atoms with Crippen molar-refractivity contribution >= 4 is 28.6 Å². The van der Waals surface area contributed by atoms with Crippen LogP contribution in [0.25, 0.3) is 16.7 Å². The Morgan fingerprint density at radius 1 is 1.11 bits per heavy atom. The lowest BCUT2D eigenvalue weighted by molar-refractivity contribution is 0.0523. The normalized spacial score (nSPS) is 11.8. The first-order valence-corrected chi connectivity index (χ1v) is 10.6. The van der Waals surface area contributed by atoms with Crippen LogP contribution in [0.2, 0.25) is 0 Å². The van der Waals surface area contributed by atoms with E-state index < -0.39 is 34.6 Å². The summed E-state index contributed by atoms with van der Waals surface area (Å²) in [6.07, 6.45) is 1.52. The predicted molar refractivity (Wildman–Crippen MR) is 121 cm³/mol. The average Bonchev–Trinajstić information content (AvgIpc) is 2.83. The molecule has 0 aliphatic rings. The van der Waals surface area contributed by atoms with Gasteiger partial charge in [0.2, 0.25) is 0 Å². The Morgan fingerprint density at radius 2 is 1.86 bits per heavy atom. The molecule has 0 aliphatic heterocycles. The maximum atomic E-state index is 14.3. The monoisotopic (exact) mass is 482 g/mol. The number of hydrogen-bond acceptors (Lipinski definition) is 6. The summed E-state index contributed by atoms with van der Waals surface area (Å²) in [6, 6.07) is 9.13. The maximum Gasteiger partial charge on any atom is 0.341 e. The minimum atomic E-state index is -1.26. The lowest BCUT2D eigenvalue weighted by atomic mass is 10.1. The Labute approximate surface area is 196 Å². The zero-order valence-corrected chi connectivity index (χ0v) is 18.8. The van der Waals surface area contributed by atoms with Crippen LogP contribution in [0.1, 0.15) is 27.6 Å². The van der Waals surface area contributed by atoms with Crippen LogP contribution in [-0.4, -0.2) is 46.2 Å². The topological polar surface area (TPSA) is 104 Å². The molecule has 0 radical (unpaired) electrons. The number of rotatable bonds is 6. The van der Waals surface area contributed by atoms with Crippen LogP contribution >= 0.6 is 0 Å². The summed E-state index contributed by atoms with van der Waals surface area (Å²) in [4.78, 5) is 47.4. The van der Waals surface area contributed by atoms with Crippen LogP contribution in [0.3, 0.4) is 0 Å². The molecule has 0 saturated carbocycles. The van der Waals surface area contributed by atoms with Crippen LogP contribution < -0.4 is 11.0 Å². The number of carbonyl (C=O) groups excluding carboxylic acids is 2. The zero-order chi connectivity index (χ0) is 25.1. The molecule has 4 aromatic rings. The summed E-state index contributed by atoms with van der Waals surface area (Å²) in [5.74, 6) is -4.35. The second-order valence-electron chi connectivity index (χ2n) is 7.34. The van der Waals surface area contributed by atoms with Crippen LogP contribution in [0, 0.1) is 11.6 Å². The summed E-state index contributed by atoms with van der Waals surface area (Å²) < 4.78 is 41.4. The molecule has 11 heteroatoms. The van der Waals surface area contributed by atoms with E-state index in [1.54, 1.807) is 25.1 Å². The molecule has 9 nitrogen and oxygen atoms in total. The van der Waals surface area contributed by atoms with Gasteiger partial charge in [-0.15, -0.1) is 0 Å². The lowest BCUT2D eigenvalue weighted by Crippen LogP contribution is -2.33. The second-order valence-corrected chi connectivity index (χ2v) is 7.34. The number of hydrogen-bond donors (Lipinski definition) is 0. The predicted octanol–water partition coefficient (Wildman–Crippen LogP) is 2.49. The Morgan fingerprint density at radius 3 is 2.54 bits per heavy atom. The van der Waals surface area contributed by atoms with Crippen molar-refractivity contribution in [1.29, 1.82) is 0 Å². The van der Waals surface area contributed by atoms with E-state index in [4.69, 9.17) is 9.47 Å². The van der Waals surface area contributed by atoms with Crippen LogP contribution in [0.15, 0.2) is 58.4 Å². The molecule has 1 amide bonds. The molecular formula is C24H20F2N4O5. The number of methoxy groups -OCH3 is 1. The van der Waals surface area contributed by atoms with Gasteiger partial charge in [0.1, 0.15) is 34.1 Å². The first kappa shape index (κ1) is 23.9. The first-order valence-electron chi connectivity index (χ1n) is 10.6. The van der Waals surface area contributed by atoms with Crippen molar-refractivity contribution in [2.75, 3.05) is 20.3 Å². The largest absolute Gasteiger partial charge is 0.462 e. The van der Waals surface area contributed by atoms with Crippen molar-refractivity contribution in [1.82, 2.24) is 14.0 Å². The van der Waals surface area contributed by atoms with Crippen molar-refractivity contribution in [3.8, 4) is 0 Å². The van der Waals surface area contributed by atoms with Gasteiger partial charge in [-0.2, -0.15) is 4.99 Å². The van der Waals surface area contributed by atoms with Crippen LogP contribution in [0.4, 0.5) is 8.78 Å². The van der Waals surface area contributed by atoms with Gasteiger partial charge < -0.3 is 14.0 Å². The molecular weight excluding hydrogens is 462 g/mol. The molecule has 0 atom stereocenters. The second kappa shape index (κ2) is 9.94. The van der Waals surface area contributed by atoms with Crippen LogP contribution in [-0.2, 0) is 16.0 Å². The third-order valence-corrected chi connectivity index (χ3v) is 5.19. The Balaban J connectivity index is 2.14. The van der Waals surface area contributed by atoms with Gasteiger partial charge >= 0.3 is 5.97 Å². The highest BCUT2D eigenvalue weighted by Gasteiger charge is 2.22. The SMILES string of the molecule is CCOC(=O)c1cc2c(=O)n3ccccc3nc2n(CCOC)c1=NC(=O)c1c(F)cccc1F. The summed E-state index contributed by atoms with van der Waals surface area (Å²) in [7, 11) is 1.44. The average molecular weight is 482 g/mol. The quantitative estimate of drug-likeness (QED) is 0.309. The van der Waals surface area contributed by atoms with Gasteiger partial charge in [0, 0.05) is 19.9 Å². The molecule has 35 heavy (non-hydrogen) atoms. The standard InChI is InChI=1S/C24H20F2N4O5/c1-3-35-24(33)15-13-14-20(27-18-9-4-5-10-29(18)23(14)32)30(11-12-34-2)21(15)28-22(31)19-16(25)7-6-8-17(19)26/h4-10,13H,3,11-12H2,1-2H3. The van der Waals surface area contributed by atoms with Gasteiger partial charge in [-0.1, -0.05) is 12.1 Å². The van der Waals surface area contributed by atoms with E-state index in [1.807, 2.05) is 0 Å². The van der Waals surface area contributed by atoms with Crippen molar-refractivity contribution in [2.45, 2.75) is 13.5 Å². The summed E-state index contributed by atoms with van der Waals surface area (Å²) in [5.41, 5.74) is -1.46. The van der Waals surface area contributed by atoms with Crippen LogP contribution in [0.5, 0.6) is 0 Å². The number of esters is 1. The molecule has 3 aromatic heterocycles. The minimum absolute atomic E-state index is 0.000772. The van der Waals surface area contributed by atoms with Gasteiger partial charge in [0.25, 0.3) is 11.5 Å². The fourth-order valence-electron chi connectivity index (χ4n) is 3.61. The number of fused-ring (bicyclic) bond motifs is 2. The van der Waals surface area contributed by atoms with Crippen molar-refractivity contribution < 1.29 is 27.8 Å². The van der Waals surface area contributed by atoms with Gasteiger partial charge in [-0.05, 0) is 37.3 Å². The minimum Gasteiger partial charge on any atom is -0.462 e. The highest BCUT2D eigenvalue weighted by Crippen LogP contribution is 2.15. The van der Waals surface area contributed by atoms with Gasteiger partial charge in [0.15, 0.2) is 5.49 Å². The number of aromatic nitrogens is 3. The molecule has 180 valence electrons. The molecule has 0 saturated heterocycles. The van der Waals surface area contributed by atoms with E-state index >= 15 is 0 Å². The number of ether oxygens (including phenoxy) is 2. The highest BCUT2D eigenvalue weighted by molar-refractivity contribution is 5.97. The molecule has 3 heterocycles. The van der Waals surface area contributed by atoms with E-state index in [0.29, 0.717) is 5.65 Å². The molecule has 4 rings (SSSR count). The number of nitrogens with zero attached hydrogens (tertiary/aromatic N) is 4. The van der Waals surface area contributed by atoms with E-state index in [9.17, 15) is 23.2 Å². The highest BCUT2D eigenvalue weighted by atomic mass is 19.1. The molecule has 0 spiro atoms. The van der Waals surface area contributed by atoms with Gasteiger partial charge in [0.05, 0.1) is 18.6 Å². The third-order valence-electron chi connectivity index (χ3n) is 5.19. The molecule has 0 unspecified atom stereocenters. The maximum absolute atomic E-state index is 14.3. The summed E-state index contributed by atoms with van der Waals surface area (Å²) in [5, 5.41) is 0.0522. The van der Waals surface area contributed by atoms with E-state index in [0.717, 1.165) is 18.2 Å². The molecule has 0 bridgehead atoms. The molecule has 0 fully saturated rings. The number of amides is 1. The van der Waals surface area contributed by atoms with E-state index in [2.05, 4.69) is 9.98 Å². The Hall–Kier alpha value is -4.25. The van der Waals surface area contributed by atoms with Gasteiger partial charge in [-0.25, -0.2) is 18.6 Å². The summed E-state index contributed by atoms with van der Waals surface area (Å²) in [6.45, 7) is 1.69. The fraction of sp³-hybridized carbons (Fsp3) is 0.208. The number of pyridine rings is 2. The Kier molecular flexibility index (Phi) is 6.78. The summed E-state index contributed by atoms with van der Waals surface area (Å²) >= 11 is 0. The fourth-order valence-corrected chi connectivity index (χ4v) is 3.61. The third kappa shape index (κ3) is 4.45. The van der Waals surface area contributed by atoms with Gasteiger partial charge in [-0.3, -0.25) is 14.0 Å². The lowest BCUT2D eigenvalue weighted by Gasteiger charge is -2.15.